The number of oxazole rings is 1. The SMILES string of the molecule is CN=C(NCCc1coc(-c2ccc(C)cc2)n1)NCc1ccc(OC)cc1OC.I. The Hall–Kier alpha value is -2.75. The minimum Gasteiger partial charge on any atom is -0.497 e. The maximum absolute atomic E-state index is 5.62. The van der Waals surface area contributed by atoms with Crippen LogP contribution in [0.5, 0.6) is 11.5 Å². The Morgan fingerprint density at radius 1 is 1.06 bits per heavy atom. The van der Waals surface area contributed by atoms with Gasteiger partial charge in [-0.25, -0.2) is 4.98 Å². The molecule has 0 atom stereocenters. The van der Waals surface area contributed by atoms with Gasteiger partial charge in [-0.2, -0.15) is 0 Å². The van der Waals surface area contributed by atoms with Gasteiger partial charge in [-0.1, -0.05) is 17.7 Å². The predicted octanol–water partition coefficient (Wildman–Crippen LogP) is 4.19. The summed E-state index contributed by atoms with van der Waals surface area (Å²) in [5, 5.41) is 6.59. The number of methoxy groups -OCH3 is 2. The van der Waals surface area contributed by atoms with Crippen LogP contribution in [0.1, 0.15) is 16.8 Å². The zero-order chi connectivity index (χ0) is 21.3. The number of nitrogens with one attached hydrogen (secondary N) is 2. The number of guanidine groups is 1. The van der Waals surface area contributed by atoms with E-state index in [1.54, 1.807) is 27.5 Å². The first-order valence-corrected chi connectivity index (χ1v) is 9.79. The molecule has 0 radical (unpaired) electrons. The molecule has 0 amide bonds. The van der Waals surface area contributed by atoms with Crippen LogP contribution in [-0.2, 0) is 13.0 Å². The number of benzene rings is 2. The van der Waals surface area contributed by atoms with E-state index in [-0.39, 0.29) is 24.0 Å². The van der Waals surface area contributed by atoms with Gasteiger partial charge in [0.2, 0.25) is 5.89 Å². The van der Waals surface area contributed by atoms with Crippen LogP contribution >= 0.6 is 24.0 Å². The van der Waals surface area contributed by atoms with Gasteiger partial charge in [0.1, 0.15) is 17.8 Å². The monoisotopic (exact) mass is 536 g/mol. The summed E-state index contributed by atoms with van der Waals surface area (Å²) in [6, 6.07) is 13.9. The first kappa shape index (κ1) is 24.5. The number of nitrogens with zero attached hydrogens (tertiary/aromatic N) is 2. The Labute approximate surface area is 200 Å². The molecule has 3 rings (SSSR count). The minimum absolute atomic E-state index is 0. The second kappa shape index (κ2) is 12.2. The van der Waals surface area contributed by atoms with Crippen LogP contribution in [0.25, 0.3) is 11.5 Å². The summed E-state index contributed by atoms with van der Waals surface area (Å²) in [7, 11) is 5.03. The third kappa shape index (κ3) is 6.88. The molecule has 7 nitrogen and oxygen atoms in total. The number of hydrogen-bond acceptors (Lipinski definition) is 5. The summed E-state index contributed by atoms with van der Waals surface area (Å²) in [6.07, 6.45) is 2.43. The maximum Gasteiger partial charge on any atom is 0.226 e. The second-order valence-electron chi connectivity index (χ2n) is 6.79. The molecule has 0 bridgehead atoms. The van der Waals surface area contributed by atoms with Gasteiger partial charge in [-0.15, -0.1) is 24.0 Å². The molecule has 1 heterocycles. The summed E-state index contributed by atoms with van der Waals surface area (Å²) < 4.78 is 16.3. The second-order valence-corrected chi connectivity index (χ2v) is 6.79. The van der Waals surface area contributed by atoms with Crippen LogP contribution in [0.4, 0.5) is 0 Å². The fourth-order valence-electron chi connectivity index (χ4n) is 2.96. The van der Waals surface area contributed by atoms with Crippen molar-refractivity contribution in [1.82, 2.24) is 15.6 Å². The summed E-state index contributed by atoms with van der Waals surface area (Å²) >= 11 is 0. The number of ether oxygens (including phenoxy) is 2. The van der Waals surface area contributed by atoms with Gasteiger partial charge in [0.05, 0.1) is 19.9 Å². The van der Waals surface area contributed by atoms with Crippen molar-refractivity contribution in [2.24, 2.45) is 4.99 Å². The van der Waals surface area contributed by atoms with E-state index in [2.05, 4.69) is 27.5 Å². The van der Waals surface area contributed by atoms with E-state index in [0.717, 1.165) is 34.7 Å². The summed E-state index contributed by atoms with van der Waals surface area (Å²) in [5.41, 5.74) is 4.09. The molecule has 31 heavy (non-hydrogen) atoms. The molecule has 0 saturated carbocycles. The fraction of sp³-hybridized carbons (Fsp3) is 0.304. The summed E-state index contributed by atoms with van der Waals surface area (Å²) in [5.74, 6) is 2.87. The first-order valence-electron chi connectivity index (χ1n) is 9.79. The lowest BCUT2D eigenvalue weighted by Gasteiger charge is -2.14. The van der Waals surface area contributed by atoms with E-state index in [1.807, 2.05) is 42.5 Å². The number of aromatic nitrogens is 1. The molecule has 2 aromatic carbocycles. The lowest BCUT2D eigenvalue weighted by atomic mass is 10.1. The maximum atomic E-state index is 5.62. The molecule has 3 aromatic rings. The molecular weight excluding hydrogens is 507 g/mol. The Kier molecular flexibility index (Phi) is 9.64. The van der Waals surface area contributed by atoms with Crippen molar-refractivity contribution in [1.29, 1.82) is 0 Å². The number of hydrogen-bond donors (Lipinski definition) is 2. The van der Waals surface area contributed by atoms with Crippen molar-refractivity contribution >= 4 is 29.9 Å². The molecule has 0 saturated heterocycles. The van der Waals surface area contributed by atoms with Crippen LogP contribution < -0.4 is 20.1 Å². The Bertz CT molecular complexity index is 987. The van der Waals surface area contributed by atoms with Gasteiger partial charge in [0.15, 0.2) is 5.96 Å². The van der Waals surface area contributed by atoms with Crippen LogP contribution in [0.3, 0.4) is 0 Å². The molecule has 0 aliphatic carbocycles. The topological polar surface area (TPSA) is 80.9 Å². The summed E-state index contributed by atoms with van der Waals surface area (Å²) in [6.45, 7) is 3.32. The highest BCUT2D eigenvalue weighted by Crippen LogP contribution is 2.24. The highest BCUT2D eigenvalue weighted by molar-refractivity contribution is 14.0. The van der Waals surface area contributed by atoms with Crippen LogP contribution in [0, 0.1) is 6.92 Å². The Morgan fingerprint density at radius 3 is 2.52 bits per heavy atom. The standard InChI is InChI=1S/C23H28N4O3.HI/c1-16-5-7-17(8-6-16)22-27-19(15-30-22)11-12-25-23(24-2)26-14-18-9-10-20(28-3)13-21(18)29-4;/h5-10,13,15H,11-12,14H2,1-4H3,(H2,24,25,26);1H. The molecule has 2 N–H and O–H groups in total. The van der Waals surface area contributed by atoms with Gasteiger partial charge >= 0.3 is 0 Å². The fourth-order valence-corrected chi connectivity index (χ4v) is 2.96. The van der Waals surface area contributed by atoms with Crippen LogP contribution in [0.15, 0.2) is 58.1 Å². The molecule has 0 spiro atoms. The van der Waals surface area contributed by atoms with Gasteiger partial charge in [0, 0.05) is 43.8 Å². The Balaban J connectivity index is 0.00000341. The highest BCUT2D eigenvalue weighted by atomic mass is 127. The molecule has 166 valence electrons. The number of halogens is 1. The molecular formula is C23H29IN4O3. The zero-order valence-corrected chi connectivity index (χ0v) is 20.6. The minimum atomic E-state index is 0. The molecule has 8 heteroatoms. The zero-order valence-electron chi connectivity index (χ0n) is 18.3. The van der Waals surface area contributed by atoms with E-state index in [9.17, 15) is 0 Å². The number of rotatable bonds is 8. The number of aliphatic imine (C=N–C) groups is 1. The van der Waals surface area contributed by atoms with Gasteiger partial charge in [-0.05, 0) is 31.2 Å². The Morgan fingerprint density at radius 2 is 1.84 bits per heavy atom. The molecule has 0 fully saturated rings. The van der Waals surface area contributed by atoms with Crippen molar-refractivity contribution in [3.05, 3.63) is 65.5 Å². The first-order chi connectivity index (χ1) is 14.6. The van der Waals surface area contributed by atoms with E-state index in [4.69, 9.17) is 13.9 Å². The van der Waals surface area contributed by atoms with Crippen LogP contribution in [-0.4, -0.2) is 38.8 Å². The smallest absolute Gasteiger partial charge is 0.226 e. The quantitative estimate of drug-likeness (QED) is 0.255. The molecule has 0 unspecified atom stereocenters. The molecule has 1 aromatic heterocycles. The molecule has 0 aliphatic heterocycles. The van der Waals surface area contributed by atoms with Crippen molar-refractivity contribution in [3.8, 4) is 23.0 Å². The largest absolute Gasteiger partial charge is 0.497 e. The third-order valence-corrected chi connectivity index (χ3v) is 4.69. The average Bonchev–Trinajstić information content (AvgIpc) is 3.25. The van der Waals surface area contributed by atoms with Crippen molar-refractivity contribution in [3.63, 3.8) is 0 Å². The van der Waals surface area contributed by atoms with Crippen molar-refractivity contribution < 1.29 is 13.9 Å². The van der Waals surface area contributed by atoms with E-state index >= 15 is 0 Å². The predicted molar refractivity (Wildman–Crippen MR) is 134 cm³/mol. The van der Waals surface area contributed by atoms with Gasteiger partial charge in [0.25, 0.3) is 0 Å². The normalized spacial score (nSPS) is 10.9. The van der Waals surface area contributed by atoms with Crippen molar-refractivity contribution in [2.45, 2.75) is 19.9 Å². The van der Waals surface area contributed by atoms with E-state index < -0.39 is 0 Å². The average molecular weight is 536 g/mol. The van der Waals surface area contributed by atoms with Crippen molar-refractivity contribution in [2.75, 3.05) is 27.8 Å². The van der Waals surface area contributed by atoms with Gasteiger partial charge in [-0.3, -0.25) is 4.99 Å². The molecule has 0 aliphatic rings. The van der Waals surface area contributed by atoms with Crippen LogP contribution in [0.2, 0.25) is 0 Å². The van der Waals surface area contributed by atoms with Gasteiger partial charge < -0.3 is 24.5 Å². The third-order valence-electron chi connectivity index (χ3n) is 4.69. The summed E-state index contributed by atoms with van der Waals surface area (Å²) in [4.78, 5) is 8.84. The van der Waals surface area contributed by atoms with E-state index in [0.29, 0.717) is 24.9 Å². The lowest BCUT2D eigenvalue weighted by Crippen LogP contribution is -2.37. The lowest BCUT2D eigenvalue weighted by molar-refractivity contribution is 0.390. The van der Waals surface area contributed by atoms with E-state index in [1.165, 1.54) is 5.56 Å². The number of aryl methyl sites for hydroxylation is 1. The highest BCUT2D eigenvalue weighted by Gasteiger charge is 2.08.